The van der Waals surface area contributed by atoms with E-state index in [1.807, 2.05) is 0 Å². The summed E-state index contributed by atoms with van der Waals surface area (Å²) in [5, 5.41) is 14.8. The minimum atomic E-state index is -1.12. The molecule has 2 aromatic rings. The number of non-ortho nitro benzene ring substituents is 1. The van der Waals surface area contributed by atoms with Crippen molar-refractivity contribution in [3.63, 3.8) is 0 Å². The quantitative estimate of drug-likeness (QED) is 0.347. The molecular formula is C19H13N3O6. The largest absolute Gasteiger partial charge is 0.381 e. The number of oxime groups is 1. The lowest BCUT2D eigenvalue weighted by Crippen LogP contribution is -2.33. The van der Waals surface area contributed by atoms with E-state index in [9.17, 15) is 24.5 Å². The van der Waals surface area contributed by atoms with Gasteiger partial charge in [-0.3, -0.25) is 24.5 Å². The van der Waals surface area contributed by atoms with Crippen molar-refractivity contribution in [1.82, 2.24) is 0 Å². The molecule has 2 atom stereocenters. The minimum Gasteiger partial charge on any atom is -0.381 e. The molecule has 140 valence electrons. The number of amides is 2. The second kappa shape index (κ2) is 6.38. The fraction of sp³-hybridized carbons (Fsp3) is 0.158. The number of carbonyl (C=O) groups excluding carboxylic acids is 3. The van der Waals surface area contributed by atoms with E-state index in [0.717, 1.165) is 4.90 Å². The highest BCUT2D eigenvalue weighted by Crippen LogP contribution is 2.35. The Morgan fingerprint density at radius 2 is 1.86 bits per heavy atom. The molecule has 1 fully saturated rings. The van der Waals surface area contributed by atoms with E-state index in [1.165, 1.54) is 49.4 Å². The van der Waals surface area contributed by atoms with E-state index in [1.54, 1.807) is 6.07 Å². The van der Waals surface area contributed by atoms with Crippen LogP contribution in [0.1, 0.15) is 22.8 Å². The Bertz CT molecular complexity index is 1060. The van der Waals surface area contributed by atoms with Crippen molar-refractivity contribution < 1.29 is 24.1 Å². The summed E-state index contributed by atoms with van der Waals surface area (Å²) in [4.78, 5) is 53.7. The molecule has 2 aromatic carbocycles. The molecule has 2 aliphatic heterocycles. The Labute approximate surface area is 158 Å². The third kappa shape index (κ3) is 2.64. The Hall–Kier alpha value is -3.88. The van der Waals surface area contributed by atoms with E-state index in [-0.39, 0.29) is 17.2 Å². The fourth-order valence-electron chi connectivity index (χ4n) is 3.29. The van der Waals surface area contributed by atoms with Crippen LogP contribution in [-0.2, 0) is 14.4 Å². The van der Waals surface area contributed by atoms with Gasteiger partial charge in [0.05, 0.1) is 10.6 Å². The second-order valence-corrected chi connectivity index (χ2v) is 6.40. The van der Waals surface area contributed by atoms with Gasteiger partial charge in [0.2, 0.25) is 12.0 Å². The van der Waals surface area contributed by atoms with Crippen molar-refractivity contribution in [2.75, 3.05) is 4.90 Å². The number of hydrogen-bond donors (Lipinski definition) is 0. The van der Waals surface area contributed by atoms with Gasteiger partial charge in [-0.25, -0.2) is 4.90 Å². The summed E-state index contributed by atoms with van der Waals surface area (Å²) in [6.07, 6.45) is -1.12. The zero-order valence-electron chi connectivity index (χ0n) is 14.6. The van der Waals surface area contributed by atoms with Crippen LogP contribution in [0.5, 0.6) is 0 Å². The van der Waals surface area contributed by atoms with Crippen LogP contribution in [0.3, 0.4) is 0 Å². The molecule has 2 unspecified atom stereocenters. The molecular weight excluding hydrogens is 366 g/mol. The van der Waals surface area contributed by atoms with Crippen LogP contribution in [0.4, 0.5) is 11.4 Å². The van der Waals surface area contributed by atoms with E-state index in [4.69, 9.17) is 4.84 Å². The van der Waals surface area contributed by atoms with Crippen molar-refractivity contribution in [1.29, 1.82) is 0 Å². The Balaban J connectivity index is 1.67. The summed E-state index contributed by atoms with van der Waals surface area (Å²) in [6, 6.07) is 11.7. The molecule has 0 spiro atoms. The molecule has 2 heterocycles. The second-order valence-electron chi connectivity index (χ2n) is 6.40. The third-order valence-electron chi connectivity index (χ3n) is 4.70. The monoisotopic (exact) mass is 379 g/mol. The van der Waals surface area contributed by atoms with E-state index >= 15 is 0 Å². The molecule has 0 bridgehead atoms. The van der Waals surface area contributed by atoms with Crippen molar-refractivity contribution in [3.05, 3.63) is 69.8 Å². The first-order chi connectivity index (χ1) is 13.4. The third-order valence-corrected chi connectivity index (χ3v) is 4.70. The molecule has 2 amide bonds. The van der Waals surface area contributed by atoms with Crippen molar-refractivity contribution in [2.45, 2.75) is 13.0 Å². The number of anilines is 1. The van der Waals surface area contributed by atoms with E-state index in [2.05, 4.69) is 5.16 Å². The van der Waals surface area contributed by atoms with Gasteiger partial charge in [0.15, 0.2) is 5.78 Å². The van der Waals surface area contributed by atoms with Gasteiger partial charge in [0, 0.05) is 23.3 Å². The number of carbonyl (C=O) groups is 3. The maximum atomic E-state index is 13.0. The standard InChI is InChI=1S/C19H13N3O6/c1-10(23)11-5-7-13(8-6-11)21-18(24)15-16(20-28-17(15)19(21)25)12-3-2-4-14(9-12)22(26)27/h2-9,15,17H,1H3. The highest BCUT2D eigenvalue weighted by molar-refractivity contribution is 6.32. The molecule has 9 nitrogen and oxygen atoms in total. The number of Topliss-reactive ketones (excluding diaryl/α,β-unsaturated/α-hetero) is 1. The number of imide groups is 1. The summed E-state index contributed by atoms with van der Waals surface area (Å²) >= 11 is 0. The maximum absolute atomic E-state index is 13.0. The SMILES string of the molecule is CC(=O)c1ccc(N2C(=O)C3ON=C(c4cccc([N+](=O)[O-])c4)C3C2=O)cc1. The summed E-state index contributed by atoms with van der Waals surface area (Å²) < 4.78 is 0. The average Bonchev–Trinajstić information content (AvgIpc) is 3.22. The van der Waals surface area contributed by atoms with Gasteiger partial charge >= 0.3 is 0 Å². The molecule has 0 aromatic heterocycles. The number of rotatable bonds is 4. The predicted octanol–water partition coefficient (Wildman–Crippen LogP) is 2.09. The summed E-state index contributed by atoms with van der Waals surface area (Å²) in [7, 11) is 0. The van der Waals surface area contributed by atoms with Gasteiger partial charge in [-0.05, 0) is 31.2 Å². The van der Waals surface area contributed by atoms with Gasteiger partial charge in [-0.15, -0.1) is 0 Å². The van der Waals surface area contributed by atoms with Gasteiger partial charge < -0.3 is 4.84 Å². The highest BCUT2D eigenvalue weighted by Gasteiger charge is 2.56. The Morgan fingerprint density at radius 3 is 2.50 bits per heavy atom. The molecule has 28 heavy (non-hydrogen) atoms. The summed E-state index contributed by atoms with van der Waals surface area (Å²) in [5.41, 5.74) is 1.14. The molecule has 0 saturated carbocycles. The summed E-state index contributed by atoms with van der Waals surface area (Å²) in [6.45, 7) is 1.42. The van der Waals surface area contributed by atoms with Gasteiger partial charge in [0.25, 0.3) is 11.6 Å². The predicted molar refractivity (Wildman–Crippen MR) is 96.9 cm³/mol. The first-order valence-corrected chi connectivity index (χ1v) is 8.36. The molecule has 2 aliphatic rings. The normalized spacial score (nSPS) is 20.6. The van der Waals surface area contributed by atoms with Crippen molar-refractivity contribution in [2.24, 2.45) is 11.1 Å². The van der Waals surface area contributed by atoms with Gasteiger partial charge in [-0.2, -0.15) is 0 Å². The molecule has 0 radical (unpaired) electrons. The zero-order chi connectivity index (χ0) is 20.0. The van der Waals surface area contributed by atoms with Crippen molar-refractivity contribution >= 4 is 34.7 Å². The number of fused-ring (bicyclic) bond motifs is 1. The van der Waals surface area contributed by atoms with E-state index < -0.39 is 28.8 Å². The van der Waals surface area contributed by atoms with Crippen LogP contribution in [0.15, 0.2) is 53.7 Å². The maximum Gasteiger partial charge on any atom is 0.278 e. The number of benzene rings is 2. The summed E-state index contributed by atoms with van der Waals surface area (Å²) in [5.74, 6) is -2.23. The molecule has 0 N–H and O–H groups in total. The molecule has 4 rings (SSSR count). The Morgan fingerprint density at radius 1 is 1.14 bits per heavy atom. The Kier molecular flexibility index (Phi) is 3.99. The van der Waals surface area contributed by atoms with Crippen LogP contribution in [0.25, 0.3) is 0 Å². The first kappa shape index (κ1) is 17.5. The zero-order valence-corrected chi connectivity index (χ0v) is 14.6. The van der Waals surface area contributed by atoms with Crippen LogP contribution in [0.2, 0.25) is 0 Å². The number of nitro groups is 1. The lowest BCUT2D eigenvalue weighted by atomic mass is 9.94. The molecule has 1 saturated heterocycles. The van der Waals surface area contributed by atoms with Crippen LogP contribution >= 0.6 is 0 Å². The number of ketones is 1. The number of hydrogen-bond acceptors (Lipinski definition) is 7. The fourth-order valence-corrected chi connectivity index (χ4v) is 3.29. The number of nitrogens with zero attached hydrogens (tertiary/aromatic N) is 3. The molecule has 0 aliphatic carbocycles. The van der Waals surface area contributed by atoms with Gasteiger partial charge in [-0.1, -0.05) is 17.3 Å². The van der Waals surface area contributed by atoms with Crippen molar-refractivity contribution in [3.8, 4) is 0 Å². The highest BCUT2D eigenvalue weighted by atomic mass is 16.7. The smallest absolute Gasteiger partial charge is 0.278 e. The topological polar surface area (TPSA) is 119 Å². The number of nitro benzene ring substituents is 1. The lowest BCUT2D eigenvalue weighted by Gasteiger charge is -2.15. The van der Waals surface area contributed by atoms with E-state index in [0.29, 0.717) is 16.8 Å². The van der Waals surface area contributed by atoms with Gasteiger partial charge in [0.1, 0.15) is 11.6 Å². The molecule has 9 heteroatoms. The van der Waals surface area contributed by atoms with Crippen LogP contribution in [-0.4, -0.2) is 34.3 Å². The van der Waals surface area contributed by atoms with Crippen LogP contribution in [0, 0.1) is 16.0 Å². The lowest BCUT2D eigenvalue weighted by molar-refractivity contribution is -0.384. The van der Waals surface area contributed by atoms with Crippen LogP contribution < -0.4 is 4.90 Å². The first-order valence-electron chi connectivity index (χ1n) is 8.36. The minimum absolute atomic E-state index is 0.133. The average molecular weight is 379 g/mol.